The maximum atomic E-state index is 5.37. The maximum Gasteiger partial charge on any atom is 0.0925 e. The molecular weight excluding hydrogens is 170 g/mol. The second-order valence-electron chi connectivity index (χ2n) is 2.63. The van der Waals surface area contributed by atoms with E-state index < -0.39 is 0 Å². The zero-order chi connectivity index (χ0) is 8.81. The van der Waals surface area contributed by atoms with E-state index in [2.05, 4.69) is 22.8 Å². The van der Waals surface area contributed by atoms with E-state index in [4.69, 9.17) is 4.74 Å². The molecule has 0 amide bonds. The van der Waals surface area contributed by atoms with Crippen molar-refractivity contribution in [1.29, 1.82) is 0 Å². The van der Waals surface area contributed by atoms with Gasteiger partial charge in [0.25, 0.3) is 0 Å². The lowest BCUT2D eigenvalue weighted by atomic mass is 10.2. The highest BCUT2D eigenvalue weighted by Gasteiger charge is 2.09. The molecule has 0 saturated heterocycles. The Balaban J connectivity index is 2.45. The minimum Gasteiger partial charge on any atom is -0.376 e. The van der Waals surface area contributed by atoms with E-state index in [1.165, 1.54) is 4.88 Å². The van der Waals surface area contributed by atoms with Gasteiger partial charge in [-0.25, -0.2) is 0 Å². The number of methoxy groups -OCH3 is 1. The van der Waals surface area contributed by atoms with Crippen LogP contribution in [0.3, 0.4) is 0 Å². The van der Waals surface area contributed by atoms with Crippen LogP contribution in [0.2, 0.25) is 0 Å². The Morgan fingerprint density at radius 3 is 3.00 bits per heavy atom. The molecule has 12 heavy (non-hydrogen) atoms. The molecule has 1 aromatic heterocycles. The summed E-state index contributed by atoms with van der Waals surface area (Å²) in [6.07, 6.45) is 1.30. The van der Waals surface area contributed by atoms with E-state index in [-0.39, 0.29) is 6.10 Å². The fraction of sp³-hybridized carbons (Fsp3) is 0.556. The molecule has 1 unspecified atom stereocenters. The van der Waals surface area contributed by atoms with Gasteiger partial charge in [-0.3, -0.25) is 0 Å². The van der Waals surface area contributed by atoms with E-state index in [1.54, 1.807) is 18.4 Å². The molecule has 1 rings (SSSR count). The SMILES string of the molecule is CNCCC(OC)c1cccs1. The number of hydrogen-bond donors (Lipinski definition) is 1. The molecular formula is C9H15NOS. The van der Waals surface area contributed by atoms with Crippen molar-refractivity contribution in [2.24, 2.45) is 0 Å². The standard InChI is InChI=1S/C9H15NOS/c1-10-6-5-8(11-2)9-4-3-7-12-9/h3-4,7-8,10H,5-6H2,1-2H3. The molecule has 0 spiro atoms. The van der Waals surface area contributed by atoms with Crippen molar-refractivity contribution in [2.75, 3.05) is 20.7 Å². The average Bonchev–Trinajstić information content (AvgIpc) is 2.59. The normalized spacial score (nSPS) is 13.2. The number of thiophene rings is 1. The van der Waals surface area contributed by atoms with Crippen LogP contribution in [0.25, 0.3) is 0 Å². The highest BCUT2D eigenvalue weighted by Crippen LogP contribution is 2.24. The first-order chi connectivity index (χ1) is 5.88. The summed E-state index contributed by atoms with van der Waals surface area (Å²) in [4.78, 5) is 1.31. The molecule has 0 fully saturated rings. The molecule has 1 atom stereocenters. The van der Waals surface area contributed by atoms with Gasteiger partial charge < -0.3 is 10.1 Å². The first kappa shape index (κ1) is 9.71. The second kappa shape index (κ2) is 5.30. The smallest absolute Gasteiger partial charge is 0.0925 e. The molecule has 1 aromatic rings. The summed E-state index contributed by atoms with van der Waals surface area (Å²) in [5, 5.41) is 5.20. The van der Waals surface area contributed by atoms with E-state index in [0.29, 0.717) is 0 Å². The first-order valence-electron chi connectivity index (χ1n) is 4.09. The van der Waals surface area contributed by atoms with Crippen molar-refractivity contribution in [1.82, 2.24) is 5.32 Å². The van der Waals surface area contributed by atoms with Crippen LogP contribution in [0.15, 0.2) is 17.5 Å². The Morgan fingerprint density at radius 2 is 2.50 bits per heavy atom. The van der Waals surface area contributed by atoms with E-state index in [9.17, 15) is 0 Å². The minimum absolute atomic E-state index is 0.262. The van der Waals surface area contributed by atoms with Crippen LogP contribution >= 0.6 is 11.3 Å². The zero-order valence-corrected chi connectivity index (χ0v) is 8.36. The van der Waals surface area contributed by atoms with E-state index in [1.807, 2.05) is 7.05 Å². The molecule has 0 aliphatic heterocycles. The molecule has 0 aromatic carbocycles. The molecule has 0 aliphatic rings. The summed E-state index contributed by atoms with van der Waals surface area (Å²) in [5.74, 6) is 0. The third kappa shape index (κ3) is 2.59. The van der Waals surface area contributed by atoms with Crippen LogP contribution in [-0.2, 0) is 4.74 Å². The predicted molar refractivity (Wildman–Crippen MR) is 52.6 cm³/mol. The Labute approximate surface area is 77.6 Å². The summed E-state index contributed by atoms with van der Waals surface area (Å²) in [6.45, 7) is 0.996. The summed E-state index contributed by atoms with van der Waals surface area (Å²) in [7, 11) is 3.72. The summed E-state index contributed by atoms with van der Waals surface area (Å²) >= 11 is 1.75. The first-order valence-corrected chi connectivity index (χ1v) is 4.97. The predicted octanol–water partition coefficient (Wildman–Crippen LogP) is 2.05. The van der Waals surface area contributed by atoms with Crippen molar-refractivity contribution in [3.05, 3.63) is 22.4 Å². The van der Waals surface area contributed by atoms with Crippen molar-refractivity contribution in [2.45, 2.75) is 12.5 Å². The number of nitrogens with one attached hydrogen (secondary N) is 1. The fourth-order valence-corrected chi connectivity index (χ4v) is 1.96. The minimum atomic E-state index is 0.262. The van der Waals surface area contributed by atoms with Crippen LogP contribution in [-0.4, -0.2) is 20.7 Å². The Morgan fingerprint density at radius 1 is 1.67 bits per heavy atom. The van der Waals surface area contributed by atoms with Crippen LogP contribution in [0, 0.1) is 0 Å². The van der Waals surface area contributed by atoms with Gasteiger partial charge in [0, 0.05) is 12.0 Å². The van der Waals surface area contributed by atoms with E-state index >= 15 is 0 Å². The van der Waals surface area contributed by atoms with Gasteiger partial charge in [-0.05, 0) is 31.5 Å². The molecule has 0 saturated carbocycles. The molecule has 0 radical (unpaired) electrons. The van der Waals surface area contributed by atoms with Crippen molar-refractivity contribution >= 4 is 11.3 Å². The van der Waals surface area contributed by atoms with Gasteiger partial charge in [-0.2, -0.15) is 0 Å². The summed E-state index contributed by atoms with van der Waals surface area (Å²) < 4.78 is 5.37. The van der Waals surface area contributed by atoms with Crippen molar-refractivity contribution in [3.63, 3.8) is 0 Å². The maximum absolute atomic E-state index is 5.37. The lowest BCUT2D eigenvalue weighted by molar-refractivity contribution is 0.0990. The monoisotopic (exact) mass is 185 g/mol. The van der Waals surface area contributed by atoms with Gasteiger partial charge in [-0.15, -0.1) is 11.3 Å². The third-order valence-corrected chi connectivity index (χ3v) is 2.77. The summed E-state index contributed by atoms with van der Waals surface area (Å²) in [5.41, 5.74) is 0. The van der Waals surface area contributed by atoms with Crippen LogP contribution in [0.4, 0.5) is 0 Å². The molecule has 1 N–H and O–H groups in total. The number of hydrogen-bond acceptors (Lipinski definition) is 3. The molecule has 0 bridgehead atoms. The van der Waals surface area contributed by atoms with Gasteiger partial charge >= 0.3 is 0 Å². The Hall–Kier alpha value is -0.380. The largest absolute Gasteiger partial charge is 0.376 e. The van der Waals surface area contributed by atoms with Crippen LogP contribution in [0.5, 0.6) is 0 Å². The van der Waals surface area contributed by atoms with Gasteiger partial charge in [-0.1, -0.05) is 6.07 Å². The second-order valence-corrected chi connectivity index (χ2v) is 3.61. The molecule has 1 heterocycles. The highest BCUT2D eigenvalue weighted by atomic mass is 32.1. The van der Waals surface area contributed by atoms with Crippen molar-refractivity contribution < 1.29 is 4.74 Å². The van der Waals surface area contributed by atoms with Crippen molar-refractivity contribution in [3.8, 4) is 0 Å². The topological polar surface area (TPSA) is 21.3 Å². The lowest BCUT2D eigenvalue weighted by Gasteiger charge is -2.12. The highest BCUT2D eigenvalue weighted by molar-refractivity contribution is 7.10. The fourth-order valence-electron chi connectivity index (χ4n) is 1.13. The average molecular weight is 185 g/mol. The Bertz CT molecular complexity index is 198. The molecule has 2 nitrogen and oxygen atoms in total. The van der Waals surface area contributed by atoms with Gasteiger partial charge in [0.15, 0.2) is 0 Å². The Kier molecular flexibility index (Phi) is 4.29. The van der Waals surface area contributed by atoms with Gasteiger partial charge in [0.2, 0.25) is 0 Å². The summed E-state index contributed by atoms with van der Waals surface area (Å²) in [6, 6.07) is 4.18. The molecule has 68 valence electrons. The van der Waals surface area contributed by atoms with E-state index in [0.717, 1.165) is 13.0 Å². The molecule has 0 aliphatic carbocycles. The van der Waals surface area contributed by atoms with Gasteiger partial charge in [0.05, 0.1) is 6.10 Å². The third-order valence-electron chi connectivity index (χ3n) is 1.80. The lowest BCUT2D eigenvalue weighted by Crippen LogP contribution is -2.12. The molecule has 3 heteroatoms. The quantitative estimate of drug-likeness (QED) is 0.758. The van der Waals surface area contributed by atoms with Gasteiger partial charge in [0.1, 0.15) is 0 Å². The number of rotatable bonds is 5. The van der Waals surface area contributed by atoms with Crippen LogP contribution in [0.1, 0.15) is 17.4 Å². The zero-order valence-electron chi connectivity index (χ0n) is 7.54. The number of ether oxygens (including phenoxy) is 1. The van der Waals surface area contributed by atoms with Crippen LogP contribution < -0.4 is 5.32 Å².